The molecule has 0 atom stereocenters. The molecular weight excluding hydrogens is 394 g/mol. The number of nitrogens with one attached hydrogen (secondary N) is 1. The molecule has 1 N–H and O–H groups in total. The highest BCUT2D eigenvalue weighted by atomic mass is 32.2. The summed E-state index contributed by atoms with van der Waals surface area (Å²) < 4.78 is 10.4. The van der Waals surface area contributed by atoms with E-state index in [-0.39, 0.29) is 11.7 Å². The standard InChI is InChI=1S/C21H19NO4S2/c1-25-18-10-5-14(12-19(18)26-2)17(23)13-28-16-8-6-15(7-9-16)22-21(24)20-4-3-11-27-20/h3-12H,13H2,1-2H3,(H,22,24). The molecule has 7 heteroatoms. The van der Waals surface area contributed by atoms with E-state index >= 15 is 0 Å². The topological polar surface area (TPSA) is 64.6 Å². The Hall–Kier alpha value is -2.77. The Labute approximate surface area is 171 Å². The van der Waals surface area contributed by atoms with E-state index in [0.717, 1.165) is 4.90 Å². The summed E-state index contributed by atoms with van der Waals surface area (Å²) in [5.41, 5.74) is 1.29. The number of methoxy groups -OCH3 is 2. The van der Waals surface area contributed by atoms with E-state index in [0.29, 0.717) is 33.4 Å². The number of hydrogen-bond donors (Lipinski definition) is 1. The van der Waals surface area contributed by atoms with E-state index in [2.05, 4.69) is 5.32 Å². The number of Topliss-reactive ketones (excluding diaryl/α,β-unsaturated/α-hetero) is 1. The summed E-state index contributed by atoms with van der Waals surface area (Å²) in [5, 5.41) is 4.72. The molecule has 0 bridgehead atoms. The number of ether oxygens (including phenoxy) is 2. The van der Waals surface area contributed by atoms with E-state index in [4.69, 9.17) is 9.47 Å². The third-order valence-corrected chi connectivity index (χ3v) is 5.81. The number of carbonyl (C=O) groups is 2. The number of carbonyl (C=O) groups excluding carboxylic acids is 2. The highest BCUT2D eigenvalue weighted by Gasteiger charge is 2.12. The summed E-state index contributed by atoms with van der Waals surface area (Å²) in [6, 6.07) is 16.2. The van der Waals surface area contributed by atoms with Crippen LogP contribution in [-0.4, -0.2) is 31.7 Å². The Morgan fingerprint density at radius 1 is 1.00 bits per heavy atom. The SMILES string of the molecule is COc1ccc(C(=O)CSc2ccc(NC(=O)c3cccs3)cc2)cc1OC. The van der Waals surface area contributed by atoms with Crippen LogP contribution in [0.2, 0.25) is 0 Å². The van der Waals surface area contributed by atoms with Gasteiger partial charge in [0.15, 0.2) is 17.3 Å². The number of benzene rings is 2. The van der Waals surface area contributed by atoms with E-state index in [1.54, 1.807) is 38.5 Å². The van der Waals surface area contributed by atoms with Crippen LogP contribution in [0.3, 0.4) is 0 Å². The first-order chi connectivity index (χ1) is 13.6. The van der Waals surface area contributed by atoms with Gasteiger partial charge in [-0.1, -0.05) is 6.07 Å². The van der Waals surface area contributed by atoms with Gasteiger partial charge < -0.3 is 14.8 Å². The average molecular weight is 414 g/mol. The maximum absolute atomic E-state index is 12.5. The number of thiophene rings is 1. The predicted octanol–water partition coefficient (Wildman–Crippen LogP) is 4.99. The molecule has 3 aromatic rings. The Kier molecular flexibility index (Phi) is 6.73. The van der Waals surface area contributed by atoms with E-state index in [1.165, 1.54) is 23.1 Å². The molecule has 0 aliphatic rings. The summed E-state index contributed by atoms with van der Waals surface area (Å²) in [5.74, 6) is 1.30. The summed E-state index contributed by atoms with van der Waals surface area (Å²) >= 11 is 2.84. The second kappa shape index (κ2) is 9.43. The first-order valence-electron chi connectivity index (χ1n) is 8.43. The Morgan fingerprint density at radius 3 is 2.39 bits per heavy atom. The number of anilines is 1. The number of ketones is 1. The maximum Gasteiger partial charge on any atom is 0.265 e. The number of amides is 1. The second-order valence-electron chi connectivity index (χ2n) is 5.74. The fraction of sp³-hybridized carbons (Fsp3) is 0.143. The van der Waals surface area contributed by atoms with Crippen LogP contribution in [0.1, 0.15) is 20.0 Å². The van der Waals surface area contributed by atoms with Gasteiger partial charge >= 0.3 is 0 Å². The van der Waals surface area contributed by atoms with Crippen molar-refractivity contribution in [1.82, 2.24) is 0 Å². The fourth-order valence-electron chi connectivity index (χ4n) is 2.48. The molecule has 0 unspecified atom stereocenters. The van der Waals surface area contributed by atoms with Crippen molar-refractivity contribution in [3.8, 4) is 11.5 Å². The normalized spacial score (nSPS) is 10.4. The van der Waals surface area contributed by atoms with Gasteiger partial charge in [0, 0.05) is 16.1 Å². The van der Waals surface area contributed by atoms with Crippen molar-refractivity contribution in [3.63, 3.8) is 0 Å². The Balaban J connectivity index is 1.57. The molecule has 0 radical (unpaired) electrons. The minimum atomic E-state index is -0.126. The second-order valence-corrected chi connectivity index (χ2v) is 7.73. The van der Waals surface area contributed by atoms with Crippen molar-refractivity contribution in [1.29, 1.82) is 0 Å². The van der Waals surface area contributed by atoms with Gasteiger partial charge in [0.05, 0.1) is 24.8 Å². The number of thioether (sulfide) groups is 1. The first kappa shape index (κ1) is 20.0. The molecule has 0 fully saturated rings. The zero-order chi connectivity index (χ0) is 19.9. The van der Waals surface area contributed by atoms with Crippen LogP contribution in [0.25, 0.3) is 0 Å². The Bertz CT molecular complexity index is 953. The van der Waals surface area contributed by atoms with E-state index < -0.39 is 0 Å². The van der Waals surface area contributed by atoms with Crippen molar-refractivity contribution >= 4 is 40.5 Å². The lowest BCUT2D eigenvalue weighted by molar-refractivity contribution is 0.101. The van der Waals surface area contributed by atoms with Crippen LogP contribution in [0, 0.1) is 0 Å². The smallest absolute Gasteiger partial charge is 0.265 e. The molecular formula is C21H19NO4S2. The number of hydrogen-bond acceptors (Lipinski definition) is 6. The zero-order valence-corrected chi connectivity index (χ0v) is 17.1. The van der Waals surface area contributed by atoms with Crippen LogP contribution in [0.15, 0.2) is 64.9 Å². The van der Waals surface area contributed by atoms with Crippen molar-refractivity contribution in [2.24, 2.45) is 0 Å². The van der Waals surface area contributed by atoms with Gasteiger partial charge in [-0.25, -0.2) is 0 Å². The predicted molar refractivity (Wildman–Crippen MR) is 113 cm³/mol. The maximum atomic E-state index is 12.5. The lowest BCUT2D eigenvalue weighted by atomic mass is 10.1. The molecule has 1 aromatic heterocycles. The lowest BCUT2D eigenvalue weighted by Crippen LogP contribution is -2.09. The molecule has 144 valence electrons. The van der Waals surface area contributed by atoms with Crippen molar-refractivity contribution in [3.05, 3.63) is 70.4 Å². The van der Waals surface area contributed by atoms with Crippen LogP contribution >= 0.6 is 23.1 Å². The summed E-state index contributed by atoms with van der Waals surface area (Å²) in [6.45, 7) is 0. The van der Waals surface area contributed by atoms with Crippen LogP contribution in [0.5, 0.6) is 11.5 Å². The molecule has 0 saturated carbocycles. The molecule has 0 saturated heterocycles. The van der Waals surface area contributed by atoms with Crippen LogP contribution < -0.4 is 14.8 Å². The molecule has 0 aliphatic heterocycles. The quantitative estimate of drug-likeness (QED) is 0.416. The highest BCUT2D eigenvalue weighted by Crippen LogP contribution is 2.29. The van der Waals surface area contributed by atoms with E-state index in [1.807, 2.05) is 35.7 Å². The lowest BCUT2D eigenvalue weighted by Gasteiger charge is -2.09. The fourth-order valence-corrected chi connectivity index (χ4v) is 3.89. The largest absolute Gasteiger partial charge is 0.493 e. The monoisotopic (exact) mass is 413 g/mol. The van der Waals surface area contributed by atoms with Gasteiger partial charge in [-0.3, -0.25) is 9.59 Å². The summed E-state index contributed by atoms with van der Waals surface area (Å²) in [4.78, 5) is 26.1. The highest BCUT2D eigenvalue weighted by molar-refractivity contribution is 8.00. The molecule has 0 spiro atoms. The van der Waals surface area contributed by atoms with Crippen molar-refractivity contribution < 1.29 is 19.1 Å². The summed E-state index contributed by atoms with van der Waals surface area (Å²) in [6.07, 6.45) is 0. The molecule has 3 rings (SSSR count). The van der Waals surface area contributed by atoms with Crippen LogP contribution in [0.4, 0.5) is 5.69 Å². The van der Waals surface area contributed by atoms with E-state index in [9.17, 15) is 9.59 Å². The molecule has 1 heterocycles. The minimum absolute atomic E-state index is 0.000952. The first-order valence-corrected chi connectivity index (χ1v) is 10.3. The zero-order valence-electron chi connectivity index (χ0n) is 15.4. The van der Waals surface area contributed by atoms with Gasteiger partial charge in [0.1, 0.15) is 0 Å². The molecule has 2 aromatic carbocycles. The molecule has 1 amide bonds. The number of rotatable bonds is 8. The molecule has 28 heavy (non-hydrogen) atoms. The van der Waals surface area contributed by atoms with Gasteiger partial charge in [0.2, 0.25) is 0 Å². The molecule has 0 aliphatic carbocycles. The van der Waals surface area contributed by atoms with Gasteiger partial charge in [0.25, 0.3) is 5.91 Å². The van der Waals surface area contributed by atoms with Gasteiger partial charge in [-0.15, -0.1) is 23.1 Å². The third kappa shape index (κ3) is 4.94. The molecule has 5 nitrogen and oxygen atoms in total. The third-order valence-electron chi connectivity index (χ3n) is 3.93. The summed E-state index contributed by atoms with van der Waals surface area (Å²) in [7, 11) is 3.10. The van der Waals surface area contributed by atoms with Crippen molar-refractivity contribution in [2.75, 3.05) is 25.3 Å². The van der Waals surface area contributed by atoms with Crippen molar-refractivity contribution in [2.45, 2.75) is 4.90 Å². The van der Waals surface area contributed by atoms with Gasteiger partial charge in [-0.05, 0) is 53.9 Å². The minimum Gasteiger partial charge on any atom is -0.493 e. The Morgan fingerprint density at radius 2 is 1.75 bits per heavy atom. The van der Waals surface area contributed by atoms with Crippen LogP contribution in [-0.2, 0) is 0 Å². The average Bonchev–Trinajstić information content (AvgIpc) is 3.27. The van der Waals surface area contributed by atoms with Gasteiger partial charge in [-0.2, -0.15) is 0 Å².